The van der Waals surface area contributed by atoms with Crippen LogP contribution in [0.15, 0.2) is 71.9 Å². The Morgan fingerprint density at radius 1 is 1.20 bits per heavy atom. The van der Waals surface area contributed by atoms with Crippen LogP contribution in [-0.2, 0) is 9.53 Å². The number of hydrazone groups is 1. The molecule has 25 heavy (non-hydrogen) atoms. The average Bonchev–Trinajstić information content (AvgIpc) is 2.64. The molecule has 0 aliphatic heterocycles. The van der Waals surface area contributed by atoms with Crippen molar-refractivity contribution in [3.8, 4) is 0 Å². The Labute approximate surface area is 152 Å². The number of ether oxygens (including phenoxy) is 1. The lowest BCUT2D eigenvalue weighted by Gasteiger charge is -2.27. The van der Waals surface area contributed by atoms with E-state index in [0.29, 0.717) is 12.2 Å². The van der Waals surface area contributed by atoms with Crippen molar-refractivity contribution in [2.75, 3.05) is 24.0 Å². The topological polar surface area (TPSA) is 53.9 Å². The Morgan fingerprint density at radius 3 is 2.48 bits per heavy atom. The van der Waals surface area contributed by atoms with Crippen LogP contribution in [0.3, 0.4) is 0 Å². The van der Waals surface area contributed by atoms with E-state index < -0.39 is 5.97 Å². The summed E-state index contributed by atoms with van der Waals surface area (Å²) < 4.78 is 4.54. The van der Waals surface area contributed by atoms with Crippen molar-refractivity contribution in [1.29, 1.82) is 0 Å². The molecule has 0 saturated carbocycles. The molecular formula is C19H20ClN3O2. The summed E-state index contributed by atoms with van der Waals surface area (Å²) in [6.07, 6.45) is 0. The van der Waals surface area contributed by atoms with Crippen LogP contribution in [0.25, 0.3) is 0 Å². The summed E-state index contributed by atoms with van der Waals surface area (Å²) in [7, 11) is 1.25. The number of nitrogens with one attached hydrogen (secondary N) is 1. The Morgan fingerprint density at radius 2 is 1.84 bits per heavy atom. The van der Waals surface area contributed by atoms with Crippen LogP contribution in [0.5, 0.6) is 0 Å². The second-order valence-electron chi connectivity index (χ2n) is 5.40. The van der Waals surface area contributed by atoms with Gasteiger partial charge in [-0.25, -0.2) is 4.79 Å². The highest BCUT2D eigenvalue weighted by Gasteiger charge is 2.14. The van der Waals surface area contributed by atoms with Crippen molar-refractivity contribution in [2.45, 2.75) is 6.92 Å². The molecule has 0 amide bonds. The summed E-state index contributed by atoms with van der Waals surface area (Å²) >= 11 is 5.80. The molecule has 0 bridgehead atoms. The van der Waals surface area contributed by atoms with Gasteiger partial charge in [-0.3, -0.25) is 5.43 Å². The highest BCUT2D eigenvalue weighted by Crippen LogP contribution is 2.32. The van der Waals surface area contributed by atoms with Crippen molar-refractivity contribution in [1.82, 2.24) is 0 Å². The summed E-state index contributed by atoms with van der Waals surface area (Å²) in [5.41, 5.74) is 6.45. The van der Waals surface area contributed by atoms with E-state index >= 15 is 0 Å². The van der Waals surface area contributed by atoms with Crippen LogP contribution in [0.2, 0.25) is 0 Å². The van der Waals surface area contributed by atoms with Crippen LogP contribution in [0.1, 0.15) is 6.92 Å². The van der Waals surface area contributed by atoms with E-state index in [4.69, 9.17) is 11.6 Å². The van der Waals surface area contributed by atoms with Crippen molar-refractivity contribution in [2.24, 2.45) is 5.10 Å². The first kappa shape index (κ1) is 18.5. The number of nitrogens with zero attached hydrogens (tertiary/aromatic N) is 2. The molecule has 0 aliphatic carbocycles. The molecule has 6 heteroatoms. The molecule has 1 N–H and O–H groups in total. The van der Waals surface area contributed by atoms with Crippen molar-refractivity contribution >= 4 is 39.8 Å². The van der Waals surface area contributed by atoms with E-state index in [1.54, 1.807) is 0 Å². The monoisotopic (exact) mass is 357 g/mol. The van der Waals surface area contributed by atoms with Gasteiger partial charge in [-0.2, -0.15) is 5.10 Å². The van der Waals surface area contributed by atoms with Gasteiger partial charge in [0.1, 0.15) is 0 Å². The number of carbonyl (C=O) groups excluding carboxylic acids is 1. The second kappa shape index (κ2) is 8.89. The Bertz CT molecular complexity index is 775. The molecule has 130 valence electrons. The molecule has 0 atom stereocenters. The minimum absolute atomic E-state index is 0.275. The quantitative estimate of drug-likeness (QED) is 0.342. The van der Waals surface area contributed by atoms with E-state index in [1.807, 2.05) is 61.5 Å². The highest BCUT2D eigenvalue weighted by molar-refractivity contribution is 6.82. The molecule has 0 radical (unpaired) electrons. The molecule has 0 unspecified atom stereocenters. The van der Waals surface area contributed by atoms with Gasteiger partial charge in [-0.05, 0) is 31.2 Å². The molecule has 0 heterocycles. The Hall–Kier alpha value is -2.79. The van der Waals surface area contributed by atoms with Crippen molar-refractivity contribution in [3.63, 3.8) is 0 Å². The number of para-hydroxylation sites is 3. The molecule has 0 spiro atoms. The summed E-state index contributed by atoms with van der Waals surface area (Å²) in [5, 5.41) is 3.61. The van der Waals surface area contributed by atoms with Gasteiger partial charge < -0.3 is 9.64 Å². The number of halogens is 1. The smallest absolute Gasteiger partial charge is 0.370 e. The van der Waals surface area contributed by atoms with Gasteiger partial charge in [-0.15, -0.1) is 0 Å². The molecule has 0 fully saturated rings. The summed E-state index contributed by atoms with van der Waals surface area (Å²) in [5.74, 6) is -0.700. The zero-order valence-electron chi connectivity index (χ0n) is 14.2. The first-order chi connectivity index (χ1) is 12.0. The summed E-state index contributed by atoms with van der Waals surface area (Å²) in [4.78, 5) is 13.5. The van der Waals surface area contributed by atoms with E-state index in [2.05, 4.69) is 26.7 Å². The predicted octanol–water partition coefficient (Wildman–Crippen LogP) is 4.54. The van der Waals surface area contributed by atoms with E-state index in [-0.39, 0.29) is 5.17 Å². The summed E-state index contributed by atoms with van der Waals surface area (Å²) in [6.45, 7) is 6.62. The maximum absolute atomic E-state index is 11.4. The van der Waals surface area contributed by atoms with Gasteiger partial charge in [0.05, 0.1) is 18.5 Å². The third kappa shape index (κ3) is 5.09. The average molecular weight is 358 g/mol. The number of hydrogen-bond donors (Lipinski definition) is 1. The lowest BCUT2D eigenvalue weighted by atomic mass is 10.2. The fourth-order valence-corrected chi connectivity index (χ4v) is 2.36. The standard InChI is InChI=1S/C19H20ClN3O2/c1-14(2)13-23(15-9-5-4-6-10-15)17-12-8-7-11-16(17)21-22-18(20)19(24)25-3/h4-12,21H,1,13H2,2-3H3/b22-18-. The lowest BCUT2D eigenvalue weighted by molar-refractivity contribution is -0.132. The van der Waals surface area contributed by atoms with E-state index in [9.17, 15) is 4.79 Å². The molecule has 5 nitrogen and oxygen atoms in total. The fourth-order valence-electron chi connectivity index (χ4n) is 2.24. The minimum Gasteiger partial charge on any atom is -0.464 e. The largest absolute Gasteiger partial charge is 0.464 e. The Balaban J connectivity index is 2.39. The molecule has 0 aromatic heterocycles. The first-order valence-electron chi connectivity index (χ1n) is 7.66. The van der Waals surface area contributed by atoms with Crippen LogP contribution >= 0.6 is 11.6 Å². The van der Waals surface area contributed by atoms with Gasteiger partial charge >= 0.3 is 5.97 Å². The number of benzene rings is 2. The van der Waals surface area contributed by atoms with Gasteiger partial charge in [0, 0.05) is 12.2 Å². The fraction of sp³-hybridized carbons (Fsp3) is 0.158. The molecule has 0 aliphatic rings. The number of esters is 1. The number of hydrogen-bond acceptors (Lipinski definition) is 5. The van der Waals surface area contributed by atoms with Gasteiger partial charge in [0.15, 0.2) is 0 Å². The summed E-state index contributed by atoms with van der Waals surface area (Å²) in [6, 6.07) is 17.6. The third-order valence-electron chi connectivity index (χ3n) is 3.32. The van der Waals surface area contributed by atoms with Crippen LogP contribution in [0, 0.1) is 0 Å². The normalized spacial score (nSPS) is 10.9. The number of carbonyl (C=O) groups is 1. The maximum atomic E-state index is 11.4. The van der Waals surface area contributed by atoms with Crippen molar-refractivity contribution < 1.29 is 9.53 Å². The van der Waals surface area contributed by atoms with Crippen LogP contribution in [-0.4, -0.2) is 24.8 Å². The highest BCUT2D eigenvalue weighted by atomic mass is 35.5. The lowest BCUT2D eigenvalue weighted by Crippen LogP contribution is -2.20. The SMILES string of the molecule is C=C(C)CN(c1ccccc1)c1ccccc1N/N=C(\Cl)C(=O)OC. The van der Waals surface area contributed by atoms with Gasteiger partial charge in [0.25, 0.3) is 0 Å². The molecule has 2 rings (SSSR count). The molecular weight excluding hydrogens is 338 g/mol. The van der Waals surface area contributed by atoms with Crippen molar-refractivity contribution in [3.05, 3.63) is 66.7 Å². The maximum Gasteiger partial charge on any atom is 0.370 e. The molecule has 0 saturated heterocycles. The second-order valence-corrected chi connectivity index (χ2v) is 5.76. The van der Waals surface area contributed by atoms with Gasteiger partial charge in [-0.1, -0.05) is 54.1 Å². The zero-order chi connectivity index (χ0) is 18.2. The zero-order valence-corrected chi connectivity index (χ0v) is 15.0. The number of methoxy groups -OCH3 is 1. The molecule has 2 aromatic carbocycles. The van der Waals surface area contributed by atoms with Gasteiger partial charge in [0.2, 0.25) is 5.17 Å². The predicted molar refractivity (Wildman–Crippen MR) is 104 cm³/mol. The van der Waals surface area contributed by atoms with Crippen LogP contribution < -0.4 is 10.3 Å². The minimum atomic E-state index is -0.700. The number of anilines is 3. The number of rotatable bonds is 7. The van der Waals surface area contributed by atoms with E-state index in [0.717, 1.165) is 16.9 Å². The van der Waals surface area contributed by atoms with Crippen LogP contribution in [0.4, 0.5) is 17.1 Å². The first-order valence-corrected chi connectivity index (χ1v) is 8.04. The van der Waals surface area contributed by atoms with E-state index in [1.165, 1.54) is 7.11 Å². The molecule has 2 aromatic rings. The third-order valence-corrected chi connectivity index (χ3v) is 3.56. The Kier molecular flexibility index (Phi) is 6.60.